The Bertz CT molecular complexity index is 834. The molecule has 2 heterocycles. The minimum Gasteiger partial charge on any atom is -0.480 e. The maximum absolute atomic E-state index is 10.7. The van der Waals surface area contributed by atoms with Crippen LogP contribution < -0.4 is 11.1 Å². The summed E-state index contributed by atoms with van der Waals surface area (Å²) in [4.78, 5) is 32.8. The zero-order chi connectivity index (χ0) is 22.7. The highest BCUT2D eigenvalue weighted by Gasteiger charge is 2.38. The number of aromatic nitrogens is 3. The standard InChI is InChI=1S/C16H21N5O2.C2HF3O2/c1-2-11-10-14(19-9-5-6-12(17)16(22)23)21-15(20-11)13-7-3-4-8-18-13;3-2(4,5)1(6)7/h3-4,7-8,10,12H,2,5-6,9,17H2,1H3,(H,22,23)(H,19,20,21);(H,6,7)/t12-;/m0./s1. The Morgan fingerprint density at radius 3 is 2.40 bits per heavy atom. The fourth-order valence-electron chi connectivity index (χ4n) is 2.04. The van der Waals surface area contributed by atoms with Gasteiger partial charge in [-0.2, -0.15) is 13.2 Å². The molecule has 9 nitrogen and oxygen atoms in total. The van der Waals surface area contributed by atoms with Gasteiger partial charge in [0.15, 0.2) is 5.82 Å². The molecule has 0 aliphatic heterocycles. The Labute approximate surface area is 170 Å². The topological polar surface area (TPSA) is 151 Å². The van der Waals surface area contributed by atoms with Gasteiger partial charge in [-0.1, -0.05) is 13.0 Å². The van der Waals surface area contributed by atoms with Crippen molar-refractivity contribution in [2.75, 3.05) is 11.9 Å². The predicted molar refractivity (Wildman–Crippen MR) is 102 cm³/mol. The van der Waals surface area contributed by atoms with Gasteiger partial charge in [-0.25, -0.2) is 14.8 Å². The Morgan fingerprint density at radius 1 is 1.23 bits per heavy atom. The highest BCUT2D eigenvalue weighted by atomic mass is 19.4. The molecule has 0 aliphatic carbocycles. The van der Waals surface area contributed by atoms with Gasteiger partial charge in [-0.3, -0.25) is 9.78 Å². The fraction of sp³-hybridized carbons (Fsp3) is 0.389. The third-order valence-corrected chi connectivity index (χ3v) is 3.59. The first-order chi connectivity index (χ1) is 14.0. The molecule has 0 unspecified atom stereocenters. The number of nitrogens with one attached hydrogen (secondary N) is 1. The zero-order valence-corrected chi connectivity index (χ0v) is 16.1. The number of nitrogens with two attached hydrogens (primary N) is 1. The van der Waals surface area contributed by atoms with Gasteiger partial charge in [-0.05, 0) is 31.4 Å². The van der Waals surface area contributed by atoms with Crippen molar-refractivity contribution < 1.29 is 33.0 Å². The van der Waals surface area contributed by atoms with Gasteiger partial charge in [-0.15, -0.1) is 0 Å². The summed E-state index contributed by atoms with van der Waals surface area (Å²) in [5.41, 5.74) is 7.12. The summed E-state index contributed by atoms with van der Waals surface area (Å²) in [6.45, 7) is 2.63. The average molecular weight is 429 g/mol. The van der Waals surface area contributed by atoms with Crippen molar-refractivity contribution in [2.24, 2.45) is 5.73 Å². The van der Waals surface area contributed by atoms with Crippen LogP contribution in [0.4, 0.5) is 19.0 Å². The minimum atomic E-state index is -5.08. The lowest BCUT2D eigenvalue weighted by atomic mass is 10.2. The number of alkyl halides is 3. The molecule has 0 fully saturated rings. The van der Waals surface area contributed by atoms with E-state index in [2.05, 4.69) is 20.3 Å². The molecule has 2 aromatic heterocycles. The van der Waals surface area contributed by atoms with Crippen LogP contribution in [-0.4, -0.2) is 55.9 Å². The quantitative estimate of drug-likeness (QED) is 0.463. The lowest BCUT2D eigenvalue weighted by Gasteiger charge is -2.10. The number of halogens is 3. The van der Waals surface area contributed by atoms with E-state index in [4.69, 9.17) is 20.7 Å². The van der Waals surface area contributed by atoms with Crippen molar-refractivity contribution in [1.29, 1.82) is 0 Å². The first kappa shape index (κ1) is 24.8. The van der Waals surface area contributed by atoms with Crippen LogP contribution in [0.15, 0.2) is 30.5 Å². The van der Waals surface area contributed by atoms with Crippen LogP contribution in [0.5, 0.6) is 0 Å². The Hall–Kier alpha value is -3.28. The molecule has 0 saturated heterocycles. The van der Waals surface area contributed by atoms with Crippen molar-refractivity contribution in [3.05, 3.63) is 36.2 Å². The zero-order valence-electron chi connectivity index (χ0n) is 16.1. The van der Waals surface area contributed by atoms with Crippen LogP contribution in [0.3, 0.4) is 0 Å². The molecule has 0 aliphatic rings. The lowest BCUT2D eigenvalue weighted by molar-refractivity contribution is -0.192. The highest BCUT2D eigenvalue weighted by molar-refractivity contribution is 5.73. The SMILES string of the molecule is CCc1cc(NCCC[C@H](N)C(=O)O)nc(-c2ccccn2)n1.O=C(O)C(F)(F)F. The van der Waals surface area contributed by atoms with Gasteiger partial charge < -0.3 is 21.3 Å². The molecule has 0 radical (unpaired) electrons. The molecular formula is C18H22F3N5O4. The van der Waals surface area contributed by atoms with E-state index in [9.17, 15) is 18.0 Å². The molecule has 12 heteroatoms. The van der Waals surface area contributed by atoms with Crippen molar-refractivity contribution in [3.8, 4) is 11.5 Å². The third-order valence-electron chi connectivity index (χ3n) is 3.59. The predicted octanol–water partition coefficient (Wildman–Crippen LogP) is 2.34. The summed E-state index contributed by atoms with van der Waals surface area (Å²) in [5, 5.41) is 19.1. The van der Waals surface area contributed by atoms with Crippen LogP contribution in [0, 0.1) is 0 Å². The van der Waals surface area contributed by atoms with Crippen molar-refractivity contribution in [2.45, 2.75) is 38.4 Å². The van der Waals surface area contributed by atoms with Crippen LogP contribution >= 0.6 is 0 Å². The number of aryl methyl sites for hydroxylation is 1. The van der Waals surface area contributed by atoms with Gasteiger partial charge in [0.25, 0.3) is 0 Å². The second kappa shape index (κ2) is 11.7. The molecule has 1 atom stereocenters. The van der Waals surface area contributed by atoms with Crippen LogP contribution in [0.25, 0.3) is 11.5 Å². The van der Waals surface area contributed by atoms with Crippen LogP contribution in [0.1, 0.15) is 25.5 Å². The Balaban J connectivity index is 0.000000553. The number of rotatable bonds is 8. The Kier molecular flexibility index (Phi) is 9.62. The second-order valence-corrected chi connectivity index (χ2v) is 5.95. The van der Waals surface area contributed by atoms with E-state index in [1.807, 2.05) is 31.2 Å². The molecule has 164 valence electrons. The molecule has 0 saturated carbocycles. The van der Waals surface area contributed by atoms with Gasteiger partial charge in [0, 0.05) is 24.5 Å². The summed E-state index contributed by atoms with van der Waals surface area (Å²) in [5.74, 6) is -2.44. The summed E-state index contributed by atoms with van der Waals surface area (Å²) < 4.78 is 31.7. The largest absolute Gasteiger partial charge is 0.490 e. The van der Waals surface area contributed by atoms with E-state index in [0.29, 0.717) is 31.0 Å². The van der Waals surface area contributed by atoms with Gasteiger partial charge in [0.2, 0.25) is 0 Å². The molecule has 5 N–H and O–H groups in total. The average Bonchev–Trinajstić information content (AvgIpc) is 2.71. The summed E-state index contributed by atoms with van der Waals surface area (Å²) >= 11 is 0. The van der Waals surface area contributed by atoms with Gasteiger partial charge in [0.1, 0.15) is 17.6 Å². The monoisotopic (exact) mass is 429 g/mol. The number of carboxylic acid groups (broad SMARTS) is 2. The van der Waals surface area contributed by atoms with Crippen molar-refractivity contribution >= 4 is 17.8 Å². The fourth-order valence-corrected chi connectivity index (χ4v) is 2.04. The van der Waals surface area contributed by atoms with E-state index in [-0.39, 0.29) is 0 Å². The molecule has 2 aromatic rings. The van der Waals surface area contributed by atoms with Gasteiger partial charge in [0.05, 0.1) is 0 Å². The first-order valence-corrected chi connectivity index (χ1v) is 8.86. The van der Waals surface area contributed by atoms with E-state index >= 15 is 0 Å². The maximum atomic E-state index is 10.7. The second-order valence-electron chi connectivity index (χ2n) is 5.95. The maximum Gasteiger partial charge on any atom is 0.490 e. The van der Waals surface area contributed by atoms with E-state index in [1.54, 1.807) is 6.20 Å². The molecule has 0 spiro atoms. The summed E-state index contributed by atoms with van der Waals surface area (Å²) in [6, 6.07) is 6.67. The van der Waals surface area contributed by atoms with E-state index < -0.39 is 24.2 Å². The van der Waals surface area contributed by atoms with Crippen LogP contribution in [-0.2, 0) is 16.0 Å². The number of hydrogen-bond acceptors (Lipinski definition) is 7. The van der Waals surface area contributed by atoms with E-state index in [0.717, 1.165) is 17.8 Å². The van der Waals surface area contributed by atoms with Crippen molar-refractivity contribution in [3.63, 3.8) is 0 Å². The molecule has 0 aromatic carbocycles. The number of hydrogen-bond donors (Lipinski definition) is 4. The lowest BCUT2D eigenvalue weighted by Crippen LogP contribution is -2.30. The number of pyridine rings is 1. The molecule has 30 heavy (non-hydrogen) atoms. The number of nitrogens with zero attached hydrogens (tertiary/aromatic N) is 3. The van der Waals surface area contributed by atoms with Crippen LogP contribution in [0.2, 0.25) is 0 Å². The van der Waals surface area contributed by atoms with Gasteiger partial charge >= 0.3 is 18.1 Å². The normalized spacial score (nSPS) is 11.8. The Morgan fingerprint density at radius 2 is 1.90 bits per heavy atom. The van der Waals surface area contributed by atoms with E-state index in [1.165, 1.54) is 0 Å². The molecule has 2 rings (SSSR count). The number of anilines is 1. The van der Waals surface area contributed by atoms with Crippen molar-refractivity contribution in [1.82, 2.24) is 15.0 Å². The smallest absolute Gasteiger partial charge is 0.480 e. The number of aliphatic carboxylic acids is 2. The molecular weight excluding hydrogens is 407 g/mol. The third kappa shape index (κ3) is 8.82. The molecule has 0 amide bonds. The summed E-state index contributed by atoms with van der Waals surface area (Å²) in [7, 11) is 0. The highest BCUT2D eigenvalue weighted by Crippen LogP contribution is 2.16. The summed E-state index contributed by atoms with van der Waals surface area (Å²) in [6.07, 6.45) is -1.52. The number of carboxylic acids is 2. The molecule has 0 bridgehead atoms. The number of carbonyl (C=O) groups is 2. The first-order valence-electron chi connectivity index (χ1n) is 8.86. The minimum absolute atomic E-state index is 0.418.